The molecule has 0 atom stereocenters. The number of halogens is 5. The van der Waals surface area contributed by atoms with E-state index in [0.717, 1.165) is 16.1 Å². The van der Waals surface area contributed by atoms with Gasteiger partial charge in [0.25, 0.3) is 0 Å². The first-order valence-corrected chi connectivity index (χ1v) is 11.2. The standard InChI is InChI=1S/C21H14BrClF3N3OS/c22-15-6-4-14(5-7-15)19-27-28-20(29(19)11-16-2-1-9-30-16)31-12-13-3-8-18(23)17(10-13)21(24,25)26/h1-10H,11-12H2. The minimum absolute atomic E-state index is 0.275. The normalized spacial score (nSPS) is 11.8. The molecule has 2 heterocycles. The van der Waals surface area contributed by atoms with Crippen LogP contribution in [0.2, 0.25) is 5.02 Å². The zero-order chi connectivity index (χ0) is 22.0. The number of aromatic nitrogens is 3. The first kappa shape index (κ1) is 22.0. The van der Waals surface area contributed by atoms with Gasteiger partial charge in [-0.3, -0.25) is 4.57 Å². The van der Waals surface area contributed by atoms with Crippen LogP contribution in [0.1, 0.15) is 16.9 Å². The molecule has 31 heavy (non-hydrogen) atoms. The van der Waals surface area contributed by atoms with E-state index in [9.17, 15) is 13.2 Å². The van der Waals surface area contributed by atoms with Gasteiger partial charge in [0.05, 0.1) is 23.4 Å². The monoisotopic (exact) mass is 527 g/mol. The third-order valence-electron chi connectivity index (χ3n) is 4.42. The summed E-state index contributed by atoms with van der Waals surface area (Å²) < 4.78 is 47.8. The van der Waals surface area contributed by atoms with E-state index in [1.54, 1.807) is 18.4 Å². The topological polar surface area (TPSA) is 43.9 Å². The lowest BCUT2D eigenvalue weighted by Crippen LogP contribution is -2.06. The van der Waals surface area contributed by atoms with E-state index < -0.39 is 11.7 Å². The Balaban J connectivity index is 1.63. The number of benzene rings is 2. The number of thioether (sulfide) groups is 1. The van der Waals surface area contributed by atoms with Crippen molar-refractivity contribution in [2.24, 2.45) is 0 Å². The Morgan fingerprint density at radius 3 is 2.52 bits per heavy atom. The first-order valence-electron chi connectivity index (χ1n) is 9.01. The van der Waals surface area contributed by atoms with Crippen LogP contribution in [0.4, 0.5) is 13.2 Å². The second-order valence-electron chi connectivity index (χ2n) is 6.58. The molecule has 0 spiro atoms. The summed E-state index contributed by atoms with van der Waals surface area (Å²) in [6, 6.07) is 15.2. The zero-order valence-electron chi connectivity index (χ0n) is 15.7. The minimum Gasteiger partial charge on any atom is -0.467 e. The second kappa shape index (κ2) is 9.10. The highest BCUT2D eigenvalue weighted by Gasteiger charge is 2.33. The van der Waals surface area contributed by atoms with Gasteiger partial charge in [-0.15, -0.1) is 10.2 Å². The third-order valence-corrected chi connectivity index (χ3v) is 6.31. The predicted molar refractivity (Wildman–Crippen MR) is 117 cm³/mol. The molecule has 0 bridgehead atoms. The van der Waals surface area contributed by atoms with Crippen LogP contribution in [-0.4, -0.2) is 14.8 Å². The Hall–Kier alpha value is -2.23. The van der Waals surface area contributed by atoms with Crippen LogP contribution >= 0.6 is 39.3 Å². The Morgan fingerprint density at radius 1 is 1.06 bits per heavy atom. The van der Waals surface area contributed by atoms with Gasteiger partial charge in [0.2, 0.25) is 0 Å². The van der Waals surface area contributed by atoms with Gasteiger partial charge in [-0.25, -0.2) is 0 Å². The number of hydrogen-bond donors (Lipinski definition) is 0. The molecule has 0 N–H and O–H groups in total. The minimum atomic E-state index is -4.51. The Morgan fingerprint density at radius 2 is 1.84 bits per heavy atom. The highest BCUT2D eigenvalue weighted by molar-refractivity contribution is 9.10. The molecule has 0 unspecified atom stereocenters. The number of rotatable bonds is 6. The highest BCUT2D eigenvalue weighted by Crippen LogP contribution is 2.36. The molecule has 2 aromatic heterocycles. The van der Waals surface area contributed by atoms with Crippen LogP contribution < -0.4 is 0 Å². The summed E-state index contributed by atoms with van der Waals surface area (Å²) in [5.41, 5.74) is 0.499. The summed E-state index contributed by atoms with van der Waals surface area (Å²) >= 11 is 10.4. The lowest BCUT2D eigenvalue weighted by atomic mass is 10.1. The molecule has 10 heteroatoms. The van der Waals surface area contributed by atoms with E-state index in [-0.39, 0.29) is 10.8 Å². The van der Waals surface area contributed by atoms with Gasteiger partial charge >= 0.3 is 6.18 Å². The maximum atomic E-state index is 13.2. The fraction of sp³-hybridized carbons (Fsp3) is 0.143. The van der Waals surface area contributed by atoms with Crippen molar-refractivity contribution in [3.63, 3.8) is 0 Å². The van der Waals surface area contributed by atoms with Crippen molar-refractivity contribution in [3.05, 3.63) is 87.2 Å². The molecule has 0 saturated carbocycles. The molecule has 0 fully saturated rings. The van der Waals surface area contributed by atoms with E-state index >= 15 is 0 Å². The Kier molecular flexibility index (Phi) is 6.45. The summed E-state index contributed by atoms with van der Waals surface area (Å²) in [6.45, 7) is 0.391. The van der Waals surface area contributed by atoms with Gasteiger partial charge in [0.1, 0.15) is 5.76 Å². The molecule has 0 radical (unpaired) electrons. The lowest BCUT2D eigenvalue weighted by Gasteiger charge is -2.11. The summed E-state index contributed by atoms with van der Waals surface area (Å²) in [5.74, 6) is 1.63. The van der Waals surface area contributed by atoms with Crippen LogP contribution in [0.5, 0.6) is 0 Å². The number of furan rings is 1. The van der Waals surface area contributed by atoms with Crippen molar-refractivity contribution in [3.8, 4) is 11.4 Å². The summed E-state index contributed by atoms with van der Waals surface area (Å²) in [7, 11) is 0. The molecule has 4 rings (SSSR count). The van der Waals surface area contributed by atoms with Crippen LogP contribution in [0.3, 0.4) is 0 Å². The predicted octanol–water partition coefficient (Wildman–Crippen LogP) is 7.31. The molecule has 4 nitrogen and oxygen atoms in total. The van der Waals surface area contributed by atoms with Crippen molar-refractivity contribution in [1.29, 1.82) is 0 Å². The maximum absolute atomic E-state index is 13.2. The first-order chi connectivity index (χ1) is 14.8. The molecule has 0 aliphatic carbocycles. The van der Waals surface area contributed by atoms with E-state index in [4.69, 9.17) is 16.0 Å². The SMILES string of the molecule is FC(F)(F)c1cc(CSc2nnc(-c3ccc(Br)cc3)n2Cc2ccco2)ccc1Cl. The molecule has 0 amide bonds. The Bertz CT molecular complexity index is 1180. The van der Waals surface area contributed by atoms with Crippen LogP contribution in [0.25, 0.3) is 11.4 Å². The van der Waals surface area contributed by atoms with Crippen LogP contribution in [0.15, 0.2) is 74.9 Å². The third kappa shape index (κ3) is 5.16. The lowest BCUT2D eigenvalue weighted by molar-refractivity contribution is -0.137. The average Bonchev–Trinajstić information content (AvgIpc) is 3.38. The van der Waals surface area contributed by atoms with Gasteiger partial charge in [0.15, 0.2) is 11.0 Å². The maximum Gasteiger partial charge on any atom is 0.417 e. The number of nitrogens with zero attached hydrogens (tertiary/aromatic N) is 3. The van der Waals surface area contributed by atoms with Gasteiger partial charge in [-0.05, 0) is 42.0 Å². The van der Waals surface area contributed by atoms with Crippen molar-refractivity contribution in [2.45, 2.75) is 23.6 Å². The fourth-order valence-corrected chi connectivity index (χ4v) is 4.31. The average molecular weight is 529 g/mol. The van der Waals surface area contributed by atoms with Crippen LogP contribution in [0, 0.1) is 0 Å². The van der Waals surface area contributed by atoms with E-state index in [0.29, 0.717) is 28.8 Å². The summed E-state index contributed by atoms with van der Waals surface area (Å²) in [5, 5.41) is 8.84. The number of alkyl halides is 3. The summed E-state index contributed by atoms with van der Waals surface area (Å²) in [4.78, 5) is 0. The van der Waals surface area contributed by atoms with Gasteiger partial charge in [-0.1, -0.05) is 57.5 Å². The molecule has 2 aromatic carbocycles. The van der Waals surface area contributed by atoms with Gasteiger partial charge < -0.3 is 4.42 Å². The van der Waals surface area contributed by atoms with Crippen molar-refractivity contribution < 1.29 is 17.6 Å². The van der Waals surface area contributed by atoms with E-state index in [1.807, 2.05) is 34.9 Å². The van der Waals surface area contributed by atoms with Crippen molar-refractivity contribution in [2.75, 3.05) is 0 Å². The van der Waals surface area contributed by atoms with E-state index in [2.05, 4.69) is 26.1 Å². The number of hydrogen-bond acceptors (Lipinski definition) is 4. The summed E-state index contributed by atoms with van der Waals surface area (Å²) in [6.07, 6.45) is -2.93. The van der Waals surface area contributed by atoms with Crippen molar-refractivity contribution >= 4 is 39.3 Å². The van der Waals surface area contributed by atoms with Crippen molar-refractivity contribution in [1.82, 2.24) is 14.8 Å². The molecule has 0 aliphatic heterocycles. The molecule has 0 aliphatic rings. The van der Waals surface area contributed by atoms with E-state index in [1.165, 1.54) is 17.8 Å². The highest BCUT2D eigenvalue weighted by atomic mass is 79.9. The smallest absolute Gasteiger partial charge is 0.417 e. The molecular weight excluding hydrogens is 515 g/mol. The Labute approximate surface area is 193 Å². The largest absolute Gasteiger partial charge is 0.467 e. The van der Waals surface area contributed by atoms with Gasteiger partial charge in [0, 0.05) is 15.8 Å². The fourth-order valence-electron chi connectivity index (χ4n) is 2.94. The molecule has 0 saturated heterocycles. The van der Waals surface area contributed by atoms with Gasteiger partial charge in [-0.2, -0.15) is 13.2 Å². The second-order valence-corrected chi connectivity index (χ2v) is 8.84. The quantitative estimate of drug-likeness (QED) is 0.246. The molecule has 4 aromatic rings. The zero-order valence-corrected chi connectivity index (χ0v) is 18.9. The molecule has 160 valence electrons. The van der Waals surface area contributed by atoms with Crippen LogP contribution in [-0.2, 0) is 18.5 Å². The molecular formula is C21H14BrClF3N3OS.